The van der Waals surface area contributed by atoms with Crippen LogP contribution in [0.25, 0.3) is 0 Å². The van der Waals surface area contributed by atoms with E-state index in [0.717, 1.165) is 12.8 Å². The van der Waals surface area contributed by atoms with Gasteiger partial charge in [-0.3, -0.25) is 4.79 Å². The van der Waals surface area contributed by atoms with E-state index in [9.17, 15) is 9.90 Å². The Morgan fingerprint density at radius 3 is 2.89 bits per heavy atom. The highest BCUT2D eigenvalue weighted by atomic mass is 16.3. The quantitative estimate of drug-likeness (QED) is 0.737. The fraction of sp³-hybridized carbons (Fsp3) is 0.615. The Hall–Kier alpha value is -1.49. The molecule has 0 aliphatic heterocycles. The molecule has 18 heavy (non-hydrogen) atoms. The van der Waals surface area contributed by atoms with Gasteiger partial charge in [-0.2, -0.15) is 0 Å². The zero-order chi connectivity index (χ0) is 13.3. The molecule has 1 amide bonds. The van der Waals surface area contributed by atoms with Crippen molar-refractivity contribution in [3.05, 3.63) is 18.0 Å². The molecule has 0 saturated heterocycles. The van der Waals surface area contributed by atoms with E-state index in [2.05, 4.69) is 5.32 Å². The lowest BCUT2D eigenvalue weighted by atomic mass is 10.0. The molecule has 5 nitrogen and oxygen atoms in total. The van der Waals surface area contributed by atoms with Crippen molar-refractivity contribution in [2.75, 3.05) is 12.3 Å². The number of nitrogens with zero attached hydrogens (tertiary/aromatic N) is 1. The lowest BCUT2D eigenvalue weighted by molar-refractivity contribution is 0.0516. The molecule has 4 N–H and O–H groups in total. The van der Waals surface area contributed by atoms with Crippen LogP contribution < -0.4 is 11.1 Å². The predicted molar refractivity (Wildman–Crippen MR) is 70.4 cm³/mol. The zero-order valence-electron chi connectivity index (χ0n) is 10.9. The highest BCUT2D eigenvalue weighted by molar-refractivity contribution is 5.94. The van der Waals surface area contributed by atoms with Gasteiger partial charge in [0.1, 0.15) is 5.69 Å². The van der Waals surface area contributed by atoms with Gasteiger partial charge in [0.2, 0.25) is 0 Å². The first-order valence-corrected chi connectivity index (χ1v) is 6.41. The van der Waals surface area contributed by atoms with Crippen LogP contribution in [0.2, 0.25) is 0 Å². The Kier molecular flexibility index (Phi) is 3.34. The summed E-state index contributed by atoms with van der Waals surface area (Å²) in [5.41, 5.74) is 6.07. The number of anilines is 1. The van der Waals surface area contributed by atoms with Crippen LogP contribution in [-0.4, -0.2) is 27.7 Å². The van der Waals surface area contributed by atoms with Gasteiger partial charge in [-0.1, -0.05) is 6.92 Å². The van der Waals surface area contributed by atoms with Gasteiger partial charge in [0.25, 0.3) is 5.91 Å². The minimum atomic E-state index is -0.863. The highest BCUT2D eigenvalue weighted by Gasteiger charge is 2.28. The van der Waals surface area contributed by atoms with E-state index >= 15 is 0 Å². The average Bonchev–Trinajstić information content (AvgIpc) is 3.09. The molecule has 1 heterocycles. The molecule has 1 aromatic heterocycles. The molecule has 0 spiro atoms. The lowest BCUT2D eigenvalue weighted by Crippen LogP contribution is -2.40. The molecule has 0 aromatic carbocycles. The molecule has 1 saturated carbocycles. The second-order valence-corrected chi connectivity index (χ2v) is 5.33. The minimum absolute atomic E-state index is 0.174. The largest absolute Gasteiger partial charge is 0.397 e. The summed E-state index contributed by atoms with van der Waals surface area (Å²) in [5, 5.41) is 12.6. The first-order chi connectivity index (χ1) is 8.43. The summed E-state index contributed by atoms with van der Waals surface area (Å²) in [4.78, 5) is 12.1. The van der Waals surface area contributed by atoms with Crippen LogP contribution in [0, 0.1) is 0 Å². The topological polar surface area (TPSA) is 80.3 Å². The number of nitrogen functional groups attached to an aromatic ring is 1. The molecule has 5 heteroatoms. The Morgan fingerprint density at radius 2 is 2.33 bits per heavy atom. The van der Waals surface area contributed by atoms with Crippen molar-refractivity contribution >= 4 is 11.6 Å². The number of hydrogen-bond donors (Lipinski definition) is 3. The second kappa shape index (κ2) is 4.65. The SMILES string of the molecule is CCC(C)(O)CNC(=O)c1cc(N)cn1C1CC1. The Morgan fingerprint density at radius 1 is 1.67 bits per heavy atom. The number of hydrogen-bond acceptors (Lipinski definition) is 3. The number of aromatic nitrogens is 1. The van der Waals surface area contributed by atoms with Crippen molar-refractivity contribution in [3.63, 3.8) is 0 Å². The molecule has 1 atom stereocenters. The molecule has 0 radical (unpaired) electrons. The fourth-order valence-electron chi connectivity index (χ4n) is 1.82. The molecule has 1 unspecified atom stereocenters. The third-order valence-corrected chi connectivity index (χ3v) is 3.43. The van der Waals surface area contributed by atoms with E-state index < -0.39 is 5.60 Å². The van der Waals surface area contributed by atoms with E-state index in [0.29, 0.717) is 23.8 Å². The molecule has 1 aromatic rings. The van der Waals surface area contributed by atoms with Crippen LogP contribution in [-0.2, 0) is 0 Å². The molecular weight excluding hydrogens is 230 g/mol. The van der Waals surface area contributed by atoms with Crippen LogP contribution in [0.4, 0.5) is 5.69 Å². The van der Waals surface area contributed by atoms with Gasteiger partial charge in [-0.25, -0.2) is 0 Å². The molecule has 1 aliphatic rings. The Bertz CT molecular complexity index is 447. The average molecular weight is 251 g/mol. The summed E-state index contributed by atoms with van der Waals surface area (Å²) in [7, 11) is 0. The number of carbonyl (C=O) groups is 1. The number of amides is 1. The lowest BCUT2D eigenvalue weighted by Gasteiger charge is -2.21. The third kappa shape index (κ3) is 2.85. The van der Waals surface area contributed by atoms with Crippen LogP contribution in [0.5, 0.6) is 0 Å². The fourth-order valence-corrected chi connectivity index (χ4v) is 1.82. The van der Waals surface area contributed by atoms with E-state index in [4.69, 9.17) is 5.73 Å². The summed E-state index contributed by atoms with van der Waals surface area (Å²) in [5.74, 6) is -0.174. The van der Waals surface area contributed by atoms with Crippen molar-refractivity contribution in [2.24, 2.45) is 0 Å². The number of rotatable bonds is 5. The summed E-state index contributed by atoms with van der Waals surface area (Å²) >= 11 is 0. The normalized spacial score (nSPS) is 18.4. The van der Waals surface area contributed by atoms with Gasteiger partial charge < -0.3 is 20.7 Å². The molecule has 2 rings (SSSR count). The van der Waals surface area contributed by atoms with Crippen molar-refractivity contribution in [3.8, 4) is 0 Å². The van der Waals surface area contributed by atoms with Crippen molar-refractivity contribution in [1.29, 1.82) is 0 Å². The van der Waals surface area contributed by atoms with Crippen LogP contribution in [0.1, 0.15) is 49.6 Å². The molecule has 0 bridgehead atoms. The van der Waals surface area contributed by atoms with Gasteiger partial charge in [0.15, 0.2) is 0 Å². The standard InChI is InChI=1S/C13H21N3O2/c1-3-13(2,18)8-15-12(17)11-6-9(14)7-16(11)10-4-5-10/h6-7,10,18H,3-5,8,14H2,1-2H3,(H,15,17). The number of nitrogens with one attached hydrogen (secondary N) is 1. The monoisotopic (exact) mass is 251 g/mol. The maximum Gasteiger partial charge on any atom is 0.268 e. The number of aliphatic hydroxyl groups is 1. The molecule has 1 fully saturated rings. The van der Waals surface area contributed by atoms with E-state index in [1.54, 1.807) is 13.0 Å². The van der Waals surface area contributed by atoms with Gasteiger partial charge in [-0.15, -0.1) is 0 Å². The summed E-state index contributed by atoms with van der Waals surface area (Å²) in [6, 6.07) is 2.10. The maximum absolute atomic E-state index is 12.1. The summed E-state index contributed by atoms with van der Waals surface area (Å²) < 4.78 is 1.94. The van der Waals surface area contributed by atoms with Gasteiger partial charge in [0, 0.05) is 18.8 Å². The van der Waals surface area contributed by atoms with Gasteiger partial charge in [0.05, 0.1) is 11.3 Å². The smallest absolute Gasteiger partial charge is 0.268 e. The van der Waals surface area contributed by atoms with Gasteiger partial charge in [-0.05, 0) is 32.3 Å². The first kappa shape index (κ1) is 13.0. The number of nitrogens with two attached hydrogens (primary N) is 1. The van der Waals surface area contributed by atoms with Crippen LogP contribution in [0.15, 0.2) is 12.3 Å². The number of carbonyl (C=O) groups excluding carboxylic acids is 1. The van der Waals surface area contributed by atoms with Crippen molar-refractivity contribution < 1.29 is 9.90 Å². The first-order valence-electron chi connectivity index (χ1n) is 6.41. The second-order valence-electron chi connectivity index (χ2n) is 5.33. The Balaban J connectivity index is 2.04. The third-order valence-electron chi connectivity index (χ3n) is 3.43. The minimum Gasteiger partial charge on any atom is -0.397 e. The van der Waals surface area contributed by atoms with Crippen LogP contribution in [0.3, 0.4) is 0 Å². The summed E-state index contributed by atoms with van der Waals surface area (Å²) in [6.45, 7) is 3.84. The van der Waals surface area contributed by atoms with Gasteiger partial charge >= 0.3 is 0 Å². The summed E-state index contributed by atoms with van der Waals surface area (Å²) in [6.07, 6.45) is 4.60. The Labute approximate surface area is 107 Å². The molecule has 100 valence electrons. The van der Waals surface area contributed by atoms with E-state index in [1.807, 2.05) is 17.7 Å². The van der Waals surface area contributed by atoms with Crippen molar-refractivity contribution in [1.82, 2.24) is 9.88 Å². The predicted octanol–water partition coefficient (Wildman–Crippen LogP) is 1.30. The van der Waals surface area contributed by atoms with E-state index in [-0.39, 0.29) is 12.5 Å². The molecule has 1 aliphatic carbocycles. The maximum atomic E-state index is 12.1. The van der Waals surface area contributed by atoms with E-state index in [1.165, 1.54) is 0 Å². The molecular formula is C13H21N3O2. The van der Waals surface area contributed by atoms with Crippen LogP contribution >= 0.6 is 0 Å². The zero-order valence-corrected chi connectivity index (χ0v) is 10.9. The highest BCUT2D eigenvalue weighted by Crippen LogP contribution is 2.37. The van der Waals surface area contributed by atoms with Crippen molar-refractivity contribution in [2.45, 2.75) is 44.8 Å².